The summed E-state index contributed by atoms with van der Waals surface area (Å²) in [5.41, 5.74) is -0.306. The van der Waals surface area contributed by atoms with Gasteiger partial charge in [0.2, 0.25) is 5.91 Å². The van der Waals surface area contributed by atoms with Crippen LogP contribution in [0, 0.1) is 5.92 Å². The van der Waals surface area contributed by atoms with Crippen molar-refractivity contribution in [3.8, 4) is 0 Å². The molecule has 8 heteroatoms. The number of carbonyl (C=O) groups is 2. The van der Waals surface area contributed by atoms with Crippen molar-refractivity contribution in [3.63, 3.8) is 0 Å². The molecule has 0 saturated heterocycles. The fourth-order valence-corrected chi connectivity index (χ4v) is 3.04. The standard InChI is InChI=1S/C17H16F3NO3S/c1-10(7-11-3-2-4-12(8-11)17(18,19)20)15(22)21-9-13-5-6-14(25-13)16(23)24/h2-6,8,10H,7,9H2,1H3,(H,21,22)(H,23,24). The highest BCUT2D eigenvalue weighted by atomic mass is 32.1. The van der Waals surface area contributed by atoms with Crippen LogP contribution in [0.5, 0.6) is 0 Å². The number of hydrogen-bond acceptors (Lipinski definition) is 3. The van der Waals surface area contributed by atoms with E-state index in [4.69, 9.17) is 5.11 Å². The van der Waals surface area contributed by atoms with E-state index in [0.717, 1.165) is 23.5 Å². The van der Waals surface area contributed by atoms with Crippen molar-refractivity contribution in [1.82, 2.24) is 5.32 Å². The molecule has 0 fully saturated rings. The minimum Gasteiger partial charge on any atom is -0.477 e. The molecule has 0 spiro atoms. The minimum atomic E-state index is -4.41. The molecule has 134 valence electrons. The number of carboxylic acids is 1. The highest BCUT2D eigenvalue weighted by Crippen LogP contribution is 2.30. The van der Waals surface area contributed by atoms with Gasteiger partial charge in [-0.1, -0.05) is 25.1 Å². The number of nitrogens with one attached hydrogen (secondary N) is 1. The second-order valence-corrected chi connectivity index (χ2v) is 6.76. The van der Waals surface area contributed by atoms with Crippen molar-refractivity contribution in [3.05, 3.63) is 57.3 Å². The second-order valence-electron chi connectivity index (χ2n) is 5.59. The van der Waals surface area contributed by atoms with Crippen molar-refractivity contribution in [2.75, 3.05) is 0 Å². The molecule has 0 aliphatic heterocycles. The van der Waals surface area contributed by atoms with E-state index in [1.165, 1.54) is 12.1 Å². The molecule has 1 aromatic carbocycles. The zero-order valence-corrected chi connectivity index (χ0v) is 14.1. The van der Waals surface area contributed by atoms with Crippen LogP contribution in [0.2, 0.25) is 0 Å². The van der Waals surface area contributed by atoms with Gasteiger partial charge in [-0.25, -0.2) is 4.79 Å². The van der Waals surface area contributed by atoms with Crippen LogP contribution < -0.4 is 5.32 Å². The third-order valence-corrected chi connectivity index (χ3v) is 4.63. The van der Waals surface area contributed by atoms with Gasteiger partial charge in [0.25, 0.3) is 0 Å². The Morgan fingerprint density at radius 2 is 1.96 bits per heavy atom. The quantitative estimate of drug-likeness (QED) is 0.808. The molecule has 2 aromatic rings. The molecule has 1 atom stereocenters. The van der Waals surface area contributed by atoms with Gasteiger partial charge in [-0.2, -0.15) is 13.2 Å². The van der Waals surface area contributed by atoms with Crippen LogP contribution in [0.15, 0.2) is 36.4 Å². The van der Waals surface area contributed by atoms with Gasteiger partial charge >= 0.3 is 12.1 Å². The summed E-state index contributed by atoms with van der Waals surface area (Å²) in [7, 11) is 0. The highest BCUT2D eigenvalue weighted by Gasteiger charge is 2.30. The van der Waals surface area contributed by atoms with E-state index in [2.05, 4.69) is 5.32 Å². The first-order chi connectivity index (χ1) is 11.7. The number of amides is 1. The van der Waals surface area contributed by atoms with Gasteiger partial charge in [0, 0.05) is 10.8 Å². The molecule has 1 heterocycles. The summed E-state index contributed by atoms with van der Waals surface area (Å²) in [4.78, 5) is 23.8. The van der Waals surface area contributed by atoms with E-state index in [1.54, 1.807) is 19.1 Å². The number of aromatic carboxylic acids is 1. The SMILES string of the molecule is CC(Cc1cccc(C(F)(F)F)c1)C(=O)NCc1ccc(C(=O)O)s1. The van der Waals surface area contributed by atoms with Crippen molar-refractivity contribution in [2.45, 2.75) is 26.1 Å². The second kappa shape index (κ2) is 7.69. The molecular formula is C17H16F3NO3S. The maximum absolute atomic E-state index is 12.7. The summed E-state index contributed by atoms with van der Waals surface area (Å²) in [6.45, 7) is 1.82. The summed E-state index contributed by atoms with van der Waals surface area (Å²) in [6.07, 6.45) is -4.23. The van der Waals surface area contributed by atoms with Crippen molar-refractivity contribution in [2.24, 2.45) is 5.92 Å². The molecule has 1 aromatic heterocycles. The van der Waals surface area contributed by atoms with Crippen molar-refractivity contribution in [1.29, 1.82) is 0 Å². The maximum atomic E-state index is 12.7. The number of halogens is 3. The number of hydrogen-bond donors (Lipinski definition) is 2. The molecule has 0 aliphatic rings. The summed E-state index contributed by atoms with van der Waals surface area (Å²) >= 11 is 1.06. The van der Waals surface area contributed by atoms with Gasteiger partial charge in [0.05, 0.1) is 12.1 Å². The fourth-order valence-electron chi connectivity index (χ4n) is 2.26. The van der Waals surface area contributed by atoms with Crippen LogP contribution in [0.3, 0.4) is 0 Å². The van der Waals surface area contributed by atoms with Crippen LogP contribution in [-0.4, -0.2) is 17.0 Å². The number of carboxylic acid groups (broad SMARTS) is 1. The molecule has 0 aliphatic carbocycles. The third-order valence-electron chi connectivity index (χ3n) is 3.55. The first-order valence-electron chi connectivity index (χ1n) is 7.42. The Bertz CT molecular complexity index is 770. The van der Waals surface area contributed by atoms with Gasteiger partial charge in [0.1, 0.15) is 4.88 Å². The lowest BCUT2D eigenvalue weighted by Gasteiger charge is -2.13. The number of alkyl halides is 3. The summed E-state index contributed by atoms with van der Waals surface area (Å²) in [5.74, 6) is -1.84. The van der Waals surface area contributed by atoms with Crippen LogP contribution in [0.25, 0.3) is 0 Å². The topological polar surface area (TPSA) is 66.4 Å². The van der Waals surface area contributed by atoms with E-state index >= 15 is 0 Å². The fraction of sp³-hybridized carbons (Fsp3) is 0.294. The van der Waals surface area contributed by atoms with Gasteiger partial charge in [0.15, 0.2) is 0 Å². The average Bonchev–Trinajstić information content (AvgIpc) is 3.01. The molecule has 0 radical (unpaired) electrons. The van der Waals surface area contributed by atoms with Gasteiger partial charge in [-0.15, -0.1) is 11.3 Å². The van der Waals surface area contributed by atoms with Crippen molar-refractivity contribution >= 4 is 23.2 Å². The maximum Gasteiger partial charge on any atom is 0.416 e. The summed E-state index contributed by atoms with van der Waals surface area (Å²) in [6, 6.07) is 7.99. The Labute approximate surface area is 146 Å². The van der Waals surface area contributed by atoms with Gasteiger partial charge in [-0.05, 0) is 30.2 Å². The lowest BCUT2D eigenvalue weighted by molar-refractivity contribution is -0.137. The Balaban J connectivity index is 1.92. The van der Waals surface area contributed by atoms with Gasteiger partial charge in [-0.3, -0.25) is 4.79 Å². The van der Waals surface area contributed by atoms with Crippen LogP contribution in [0.1, 0.15) is 32.6 Å². The van der Waals surface area contributed by atoms with Crippen molar-refractivity contribution < 1.29 is 27.9 Å². The van der Waals surface area contributed by atoms with E-state index in [1.807, 2.05) is 0 Å². The summed E-state index contributed by atoms with van der Waals surface area (Å²) in [5, 5.41) is 11.5. The molecule has 0 bridgehead atoms. The molecular weight excluding hydrogens is 355 g/mol. The lowest BCUT2D eigenvalue weighted by Crippen LogP contribution is -2.29. The molecule has 1 amide bonds. The van der Waals surface area contributed by atoms with E-state index in [-0.39, 0.29) is 23.7 Å². The number of carbonyl (C=O) groups excluding carboxylic acids is 1. The Morgan fingerprint density at radius 1 is 1.24 bits per heavy atom. The molecule has 2 N–H and O–H groups in total. The van der Waals surface area contributed by atoms with E-state index < -0.39 is 23.6 Å². The van der Waals surface area contributed by atoms with Crippen LogP contribution in [-0.2, 0) is 23.9 Å². The normalized spacial score (nSPS) is 12.6. The molecule has 25 heavy (non-hydrogen) atoms. The Morgan fingerprint density at radius 3 is 2.56 bits per heavy atom. The largest absolute Gasteiger partial charge is 0.477 e. The average molecular weight is 371 g/mol. The van der Waals surface area contributed by atoms with Crippen LogP contribution >= 0.6 is 11.3 Å². The highest BCUT2D eigenvalue weighted by molar-refractivity contribution is 7.13. The zero-order valence-electron chi connectivity index (χ0n) is 13.3. The Kier molecular flexibility index (Phi) is 5.84. The first-order valence-corrected chi connectivity index (χ1v) is 8.24. The number of benzene rings is 1. The van der Waals surface area contributed by atoms with E-state index in [0.29, 0.717) is 10.4 Å². The predicted octanol–water partition coefficient (Wildman–Crippen LogP) is 3.96. The third kappa shape index (κ3) is 5.32. The lowest BCUT2D eigenvalue weighted by atomic mass is 9.98. The molecule has 4 nitrogen and oxygen atoms in total. The smallest absolute Gasteiger partial charge is 0.416 e. The molecule has 2 rings (SSSR count). The molecule has 1 unspecified atom stereocenters. The van der Waals surface area contributed by atoms with Crippen LogP contribution in [0.4, 0.5) is 13.2 Å². The van der Waals surface area contributed by atoms with E-state index in [9.17, 15) is 22.8 Å². The number of rotatable bonds is 6. The minimum absolute atomic E-state index is 0.181. The monoisotopic (exact) mass is 371 g/mol. The van der Waals surface area contributed by atoms with Gasteiger partial charge < -0.3 is 10.4 Å². The zero-order chi connectivity index (χ0) is 18.6. The predicted molar refractivity (Wildman–Crippen MR) is 87.4 cm³/mol. The number of thiophene rings is 1. The first kappa shape index (κ1) is 19.0. The Hall–Kier alpha value is -2.35. The summed E-state index contributed by atoms with van der Waals surface area (Å²) < 4.78 is 38.1. The molecule has 0 saturated carbocycles.